The standard InChI is InChI=1S/C11H9F5N2S/c1-4-2-3-19-11(17-4)18-10-8(15)6(13)5(12)7(14)9(10)16/h4H,2-3H2,1H3,(H,17,18). The highest BCUT2D eigenvalue weighted by molar-refractivity contribution is 8.14. The maximum atomic E-state index is 13.4. The largest absolute Gasteiger partial charge is 0.330 e. The SMILES string of the molecule is CC1CCSC(Nc2c(F)c(F)c(F)c(F)c2F)=N1. The van der Waals surface area contributed by atoms with Crippen molar-refractivity contribution in [2.75, 3.05) is 11.1 Å². The number of nitrogens with zero attached hydrogens (tertiary/aromatic N) is 1. The number of hydrogen-bond donors (Lipinski definition) is 1. The van der Waals surface area contributed by atoms with Gasteiger partial charge < -0.3 is 5.32 Å². The van der Waals surface area contributed by atoms with Gasteiger partial charge in [-0.3, -0.25) is 4.99 Å². The molecule has 0 spiro atoms. The molecule has 0 aromatic heterocycles. The van der Waals surface area contributed by atoms with Gasteiger partial charge in [0.25, 0.3) is 0 Å². The average Bonchev–Trinajstić information content (AvgIpc) is 2.39. The highest BCUT2D eigenvalue weighted by atomic mass is 32.2. The van der Waals surface area contributed by atoms with Gasteiger partial charge in [0.05, 0.1) is 6.04 Å². The maximum Gasteiger partial charge on any atom is 0.200 e. The van der Waals surface area contributed by atoms with Crippen LogP contribution in [-0.2, 0) is 0 Å². The van der Waals surface area contributed by atoms with Crippen LogP contribution in [0.5, 0.6) is 0 Å². The molecule has 19 heavy (non-hydrogen) atoms. The van der Waals surface area contributed by atoms with Gasteiger partial charge in [-0.1, -0.05) is 11.8 Å². The molecule has 1 heterocycles. The van der Waals surface area contributed by atoms with E-state index in [1.165, 1.54) is 0 Å². The number of amidine groups is 1. The Hall–Kier alpha value is -1.31. The monoisotopic (exact) mass is 296 g/mol. The van der Waals surface area contributed by atoms with E-state index >= 15 is 0 Å². The molecule has 0 bridgehead atoms. The van der Waals surface area contributed by atoms with Crippen LogP contribution in [0.25, 0.3) is 0 Å². The number of halogens is 5. The molecule has 0 radical (unpaired) electrons. The van der Waals surface area contributed by atoms with E-state index in [1.807, 2.05) is 0 Å². The lowest BCUT2D eigenvalue weighted by Crippen LogP contribution is -2.20. The Labute approximate surface area is 110 Å². The zero-order valence-electron chi connectivity index (χ0n) is 9.74. The van der Waals surface area contributed by atoms with E-state index in [2.05, 4.69) is 10.3 Å². The van der Waals surface area contributed by atoms with Crippen LogP contribution >= 0.6 is 11.8 Å². The maximum absolute atomic E-state index is 13.4. The molecule has 1 atom stereocenters. The quantitative estimate of drug-likeness (QED) is 0.486. The highest BCUT2D eigenvalue weighted by Gasteiger charge is 2.27. The molecule has 8 heteroatoms. The topological polar surface area (TPSA) is 24.4 Å². The summed E-state index contributed by atoms with van der Waals surface area (Å²) >= 11 is 1.16. The molecule has 0 amide bonds. The summed E-state index contributed by atoms with van der Waals surface area (Å²) in [6.45, 7) is 1.79. The van der Waals surface area contributed by atoms with Crippen molar-refractivity contribution in [3.05, 3.63) is 29.1 Å². The number of thioether (sulfide) groups is 1. The van der Waals surface area contributed by atoms with Gasteiger partial charge in [-0.15, -0.1) is 0 Å². The molecule has 1 aliphatic heterocycles. The van der Waals surface area contributed by atoms with E-state index in [0.29, 0.717) is 5.75 Å². The number of nitrogens with one attached hydrogen (secondary N) is 1. The van der Waals surface area contributed by atoms with E-state index in [4.69, 9.17) is 0 Å². The Morgan fingerprint density at radius 2 is 1.53 bits per heavy atom. The third kappa shape index (κ3) is 2.68. The van der Waals surface area contributed by atoms with Gasteiger partial charge in [-0.25, -0.2) is 22.0 Å². The first-order valence-electron chi connectivity index (χ1n) is 5.41. The number of anilines is 1. The lowest BCUT2D eigenvalue weighted by Gasteiger charge is -2.18. The third-order valence-corrected chi connectivity index (χ3v) is 3.47. The summed E-state index contributed by atoms with van der Waals surface area (Å²) in [5.74, 6) is -9.25. The second-order valence-corrected chi connectivity index (χ2v) is 5.07. The molecule has 0 fully saturated rings. The van der Waals surface area contributed by atoms with Crippen LogP contribution < -0.4 is 5.32 Å². The zero-order chi connectivity index (χ0) is 14.2. The minimum absolute atomic E-state index is 0.0648. The summed E-state index contributed by atoms with van der Waals surface area (Å²) in [5, 5.41) is 2.31. The first-order valence-corrected chi connectivity index (χ1v) is 6.39. The van der Waals surface area contributed by atoms with E-state index in [0.717, 1.165) is 18.2 Å². The predicted molar refractivity (Wildman–Crippen MR) is 63.8 cm³/mol. The predicted octanol–water partition coefficient (Wildman–Crippen LogP) is 3.68. The van der Waals surface area contributed by atoms with Crippen molar-refractivity contribution in [1.29, 1.82) is 0 Å². The zero-order valence-corrected chi connectivity index (χ0v) is 10.6. The summed E-state index contributed by atoms with van der Waals surface area (Å²) < 4.78 is 65.6. The molecule has 1 aromatic rings. The number of benzene rings is 1. The van der Waals surface area contributed by atoms with E-state index in [1.54, 1.807) is 6.92 Å². The fourth-order valence-electron chi connectivity index (χ4n) is 1.52. The molecule has 104 valence electrons. The fraction of sp³-hybridized carbons (Fsp3) is 0.364. The summed E-state index contributed by atoms with van der Waals surface area (Å²) in [6, 6.07) is -0.0648. The minimum Gasteiger partial charge on any atom is -0.330 e. The number of rotatable bonds is 1. The Bertz CT molecular complexity index is 517. The Morgan fingerprint density at radius 1 is 1.00 bits per heavy atom. The Balaban J connectivity index is 2.41. The normalized spacial score (nSPS) is 19.3. The van der Waals surface area contributed by atoms with Crippen molar-refractivity contribution in [3.8, 4) is 0 Å². The molecule has 1 aliphatic rings. The van der Waals surface area contributed by atoms with Gasteiger partial charge in [0, 0.05) is 5.75 Å². The molecule has 1 N–H and O–H groups in total. The highest BCUT2D eigenvalue weighted by Crippen LogP contribution is 2.29. The first kappa shape index (κ1) is 14.1. The van der Waals surface area contributed by atoms with Crippen LogP contribution in [0.15, 0.2) is 4.99 Å². The second-order valence-electron chi connectivity index (χ2n) is 3.99. The molecule has 0 saturated carbocycles. The van der Waals surface area contributed by atoms with Gasteiger partial charge in [-0.2, -0.15) is 0 Å². The summed E-state index contributed by atoms with van der Waals surface area (Å²) in [7, 11) is 0. The first-order chi connectivity index (χ1) is 8.91. The minimum atomic E-state index is -2.17. The average molecular weight is 296 g/mol. The lowest BCUT2D eigenvalue weighted by molar-refractivity contribution is 0.382. The molecule has 0 saturated heterocycles. The molecular weight excluding hydrogens is 287 g/mol. The van der Waals surface area contributed by atoms with Crippen molar-refractivity contribution in [2.24, 2.45) is 4.99 Å². The lowest BCUT2D eigenvalue weighted by atomic mass is 10.2. The summed E-state index contributed by atoms with van der Waals surface area (Å²) in [5.41, 5.74) is -1.07. The van der Waals surface area contributed by atoms with Crippen LogP contribution in [0.2, 0.25) is 0 Å². The van der Waals surface area contributed by atoms with Gasteiger partial charge in [0.1, 0.15) is 5.69 Å². The van der Waals surface area contributed by atoms with Crippen LogP contribution in [-0.4, -0.2) is 17.0 Å². The molecule has 1 aromatic carbocycles. The molecule has 2 nitrogen and oxygen atoms in total. The summed E-state index contributed by atoms with van der Waals surface area (Å²) in [6.07, 6.45) is 0.785. The smallest absolute Gasteiger partial charge is 0.200 e. The van der Waals surface area contributed by atoms with E-state index in [-0.39, 0.29) is 11.2 Å². The van der Waals surface area contributed by atoms with Crippen molar-refractivity contribution in [1.82, 2.24) is 0 Å². The molecule has 2 rings (SSSR count). The Morgan fingerprint density at radius 3 is 2.05 bits per heavy atom. The van der Waals surface area contributed by atoms with Crippen LogP contribution in [0, 0.1) is 29.1 Å². The Kier molecular flexibility index (Phi) is 3.98. The van der Waals surface area contributed by atoms with Crippen molar-refractivity contribution < 1.29 is 22.0 Å². The van der Waals surface area contributed by atoms with Gasteiger partial charge in [0.15, 0.2) is 28.4 Å². The number of hydrogen-bond acceptors (Lipinski definition) is 3. The van der Waals surface area contributed by atoms with Crippen LogP contribution in [0.1, 0.15) is 13.3 Å². The van der Waals surface area contributed by atoms with Crippen molar-refractivity contribution in [3.63, 3.8) is 0 Å². The third-order valence-electron chi connectivity index (χ3n) is 2.55. The van der Waals surface area contributed by atoms with Crippen molar-refractivity contribution in [2.45, 2.75) is 19.4 Å². The van der Waals surface area contributed by atoms with Crippen molar-refractivity contribution >= 4 is 22.6 Å². The van der Waals surface area contributed by atoms with Gasteiger partial charge >= 0.3 is 0 Å². The number of aliphatic imine (C=N–C) groups is 1. The fourth-order valence-corrected chi connectivity index (χ4v) is 2.60. The van der Waals surface area contributed by atoms with E-state index in [9.17, 15) is 22.0 Å². The second kappa shape index (κ2) is 5.36. The van der Waals surface area contributed by atoms with E-state index < -0.39 is 34.8 Å². The summed E-state index contributed by atoms with van der Waals surface area (Å²) in [4.78, 5) is 4.04. The van der Waals surface area contributed by atoms with Gasteiger partial charge in [0.2, 0.25) is 5.82 Å². The molecule has 1 unspecified atom stereocenters. The van der Waals surface area contributed by atoms with Crippen LogP contribution in [0.3, 0.4) is 0 Å². The molecule has 0 aliphatic carbocycles. The molecular formula is C11H9F5N2S. The van der Waals surface area contributed by atoms with Gasteiger partial charge in [-0.05, 0) is 13.3 Å². The van der Waals surface area contributed by atoms with Crippen LogP contribution in [0.4, 0.5) is 27.6 Å².